The highest BCUT2D eigenvalue weighted by atomic mass is 32.2. The Balaban J connectivity index is 2.06. The number of carbonyl (C=O) groups is 1. The summed E-state index contributed by atoms with van der Waals surface area (Å²) in [6.07, 6.45) is 1.97. The lowest BCUT2D eigenvalue weighted by molar-refractivity contribution is 0.0747. The van der Waals surface area contributed by atoms with Crippen molar-refractivity contribution in [2.45, 2.75) is 32.4 Å². The average Bonchev–Trinajstić information content (AvgIpc) is 2.77. The van der Waals surface area contributed by atoms with Crippen LogP contribution in [0.15, 0.2) is 18.3 Å². The minimum Gasteiger partial charge on any atom is -0.475 e. The number of aromatic nitrogens is 1. The molecule has 1 amide bonds. The van der Waals surface area contributed by atoms with Gasteiger partial charge in [-0.15, -0.1) is 0 Å². The SMILES string of the molecule is CC(C)Oc1ccc(C(=O)N(C)[C@@H]2CCS(=O)(=O)C2)cn1. The van der Waals surface area contributed by atoms with Crippen molar-refractivity contribution < 1.29 is 17.9 Å². The van der Waals surface area contributed by atoms with E-state index in [0.717, 1.165) is 0 Å². The monoisotopic (exact) mass is 312 g/mol. The first-order valence-electron chi connectivity index (χ1n) is 6.89. The largest absolute Gasteiger partial charge is 0.475 e. The molecule has 0 bridgehead atoms. The minimum atomic E-state index is -3.01. The van der Waals surface area contributed by atoms with Crippen LogP contribution in [0.2, 0.25) is 0 Å². The molecule has 6 nitrogen and oxygen atoms in total. The van der Waals surface area contributed by atoms with Gasteiger partial charge >= 0.3 is 0 Å². The van der Waals surface area contributed by atoms with Crippen LogP contribution in [0.1, 0.15) is 30.6 Å². The van der Waals surface area contributed by atoms with Gasteiger partial charge in [-0.25, -0.2) is 13.4 Å². The molecule has 116 valence electrons. The summed E-state index contributed by atoms with van der Waals surface area (Å²) >= 11 is 0. The van der Waals surface area contributed by atoms with E-state index < -0.39 is 9.84 Å². The van der Waals surface area contributed by atoms with Gasteiger partial charge in [0.15, 0.2) is 9.84 Å². The normalized spacial score (nSPS) is 20.5. The smallest absolute Gasteiger partial charge is 0.255 e. The van der Waals surface area contributed by atoms with Crippen molar-refractivity contribution in [2.75, 3.05) is 18.6 Å². The second-order valence-corrected chi connectivity index (χ2v) is 7.75. The van der Waals surface area contributed by atoms with Gasteiger partial charge in [0.1, 0.15) is 0 Å². The van der Waals surface area contributed by atoms with Crippen LogP contribution in [0.4, 0.5) is 0 Å². The lowest BCUT2D eigenvalue weighted by Crippen LogP contribution is -2.37. The summed E-state index contributed by atoms with van der Waals surface area (Å²) in [6.45, 7) is 3.80. The minimum absolute atomic E-state index is 0.0189. The zero-order valence-corrected chi connectivity index (χ0v) is 13.3. The number of carbonyl (C=O) groups excluding carboxylic acids is 1. The molecule has 0 radical (unpaired) electrons. The van der Waals surface area contributed by atoms with Crippen molar-refractivity contribution in [1.82, 2.24) is 9.88 Å². The van der Waals surface area contributed by atoms with Gasteiger partial charge in [-0.05, 0) is 26.3 Å². The van der Waals surface area contributed by atoms with Crippen LogP contribution >= 0.6 is 0 Å². The molecule has 7 heteroatoms. The second-order valence-electron chi connectivity index (χ2n) is 5.52. The van der Waals surface area contributed by atoms with Crippen molar-refractivity contribution in [3.8, 4) is 5.88 Å². The van der Waals surface area contributed by atoms with Crippen LogP contribution in [0, 0.1) is 0 Å². The van der Waals surface area contributed by atoms with Crippen LogP contribution in [-0.4, -0.2) is 54.9 Å². The van der Waals surface area contributed by atoms with Crippen molar-refractivity contribution >= 4 is 15.7 Å². The molecule has 21 heavy (non-hydrogen) atoms. The lowest BCUT2D eigenvalue weighted by atomic mass is 10.2. The van der Waals surface area contributed by atoms with E-state index in [9.17, 15) is 13.2 Å². The molecule has 2 heterocycles. The van der Waals surface area contributed by atoms with Crippen molar-refractivity contribution in [1.29, 1.82) is 0 Å². The lowest BCUT2D eigenvalue weighted by Gasteiger charge is -2.23. The molecule has 0 spiro atoms. The third kappa shape index (κ3) is 3.93. The standard InChI is InChI=1S/C14H20N2O4S/c1-10(2)20-13-5-4-11(8-15-13)14(17)16(3)12-6-7-21(18,19)9-12/h4-5,8,10,12H,6-7,9H2,1-3H3/t12-/m1/s1. The van der Waals surface area contributed by atoms with E-state index >= 15 is 0 Å². The van der Waals surface area contributed by atoms with E-state index in [4.69, 9.17) is 4.74 Å². The number of rotatable bonds is 4. The molecular weight excluding hydrogens is 292 g/mol. The number of nitrogens with zero attached hydrogens (tertiary/aromatic N) is 2. The van der Waals surface area contributed by atoms with Gasteiger partial charge in [0.2, 0.25) is 5.88 Å². The Bertz CT molecular complexity index is 610. The summed E-state index contributed by atoms with van der Waals surface area (Å²) in [7, 11) is -1.37. The van der Waals surface area contributed by atoms with E-state index in [1.54, 1.807) is 19.2 Å². The number of pyridine rings is 1. The van der Waals surface area contributed by atoms with E-state index in [-0.39, 0.29) is 29.6 Å². The molecule has 1 fully saturated rings. The third-order valence-electron chi connectivity index (χ3n) is 3.42. The van der Waals surface area contributed by atoms with Gasteiger partial charge in [-0.2, -0.15) is 0 Å². The van der Waals surface area contributed by atoms with Gasteiger partial charge in [0.25, 0.3) is 5.91 Å². The number of ether oxygens (including phenoxy) is 1. The highest BCUT2D eigenvalue weighted by Crippen LogP contribution is 2.19. The van der Waals surface area contributed by atoms with Crippen LogP contribution in [0.25, 0.3) is 0 Å². The molecule has 1 aromatic heterocycles. The first-order chi connectivity index (χ1) is 9.78. The molecule has 0 N–H and O–H groups in total. The van der Waals surface area contributed by atoms with Crippen LogP contribution in [-0.2, 0) is 9.84 Å². The van der Waals surface area contributed by atoms with E-state index in [1.807, 2.05) is 13.8 Å². The fraction of sp³-hybridized carbons (Fsp3) is 0.571. The Morgan fingerprint density at radius 3 is 2.62 bits per heavy atom. The maximum atomic E-state index is 12.3. The fourth-order valence-corrected chi connectivity index (χ4v) is 4.04. The quantitative estimate of drug-likeness (QED) is 0.833. The zero-order chi connectivity index (χ0) is 15.6. The number of hydrogen-bond donors (Lipinski definition) is 0. The summed E-state index contributed by atoms with van der Waals surface area (Å²) in [5.74, 6) is 0.430. The molecule has 1 aliphatic rings. The average molecular weight is 312 g/mol. The third-order valence-corrected chi connectivity index (χ3v) is 5.17. The molecule has 0 aliphatic carbocycles. The number of sulfone groups is 1. The second kappa shape index (κ2) is 6.01. The predicted octanol–water partition coefficient (Wildman–Crippen LogP) is 1.13. The van der Waals surface area contributed by atoms with Gasteiger partial charge < -0.3 is 9.64 Å². The molecule has 1 atom stereocenters. The van der Waals surface area contributed by atoms with Crippen LogP contribution < -0.4 is 4.74 Å². The summed E-state index contributed by atoms with van der Waals surface area (Å²) < 4.78 is 28.4. The molecule has 0 saturated carbocycles. The molecule has 0 unspecified atom stereocenters. The number of hydrogen-bond acceptors (Lipinski definition) is 5. The van der Waals surface area contributed by atoms with Crippen LogP contribution in [0.3, 0.4) is 0 Å². The van der Waals surface area contributed by atoms with E-state index in [0.29, 0.717) is 17.9 Å². The summed E-state index contributed by atoms with van der Waals surface area (Å²) in [4.78, 5) is 17.9. The van der Waals surface area contributed by atoms with E-state index in [1.165, 1.54) is 11.1 Å². The fourth-order valence-electron chi connectivity index (χ4n) is 2.27. The van der Waals surface area contributed by atoms with Crippen LogP contribution in [0.5, 0.6) is 5.88 Å². The summed E-state index contributed by atoms with van der Waals surface area (Å²) in [5, 5.41) is 0. The first kappa shape index (κ1) is 15.8. The molecule has 1 aliphatic heterocycles. The Hall–Kier alpha value is -1.63. The molecule has 1 aromatic rings. The van der Waals surface area contributed by atoms with E-state index in [2.05, 4.69) is 4.98 Å². The summed E-state index contributed by atoms with van der Waals surface area (Å²) in [5.41, 5.74) is 0.429. The maximum absolute atomic E-state index is 12.3. The first-order valence-corrected chi connectivity index (χ1v) is 8.71. The van der Waals surface area contributed by atoms with Gasteiger partial charge in [0, 0.05) is 25.4 Å². The Kier molecular flexibility index (Phi) is 4.51. The highest BCUT2D eigenvalue weighted by molar-refractivity contribution is 7.91. The van der Waals surface area contributed by atoms with Crippen molar-refractivity contribution in [2.24, 2.45) is 0 Å². The molecule has 1 saturated heterocycles. The topological polar surface area (TPSA) is 76.6 Å². The molecular formula is C14H20N2O4S. The van der Waals surface area contributed by atoms with Gasteiger partial charge in [0.05, 0.1) is 23.2 Å². The summed E-state index contributed by atoms with van der Waals surface area (Å²) in [6, 6.07) is 3.04. The van der Waals surface area contributed by atoms with Gasteiger partial charge in [-0.1, -0.05) is 0 Å². The Morgan fingerprint density at radius 1 is 1.43 bits per heavy atom. The predicted molar refractivity (Wildman–Crippen MR) is 79.2 cm³/mol. The highest BCUT2D eigenvalue weighted by Gasteiger charge is 2.33. The molecule has 2 rings (SSSR count). The molecule has 0 aromatic carbocycles. The van der Waals surface area contributed by atoms with Gasteiger partial charge in [-0.3, -0.25) is 4.79 Å². The number of amides is 1. The van der Waals surface area contributed by atoms with Crippen molar-refractivity contribution in [3.05, 3.63) is 23.9 Å². The Labute approximate surface area is 125 Å². The zero-order valence-electron chi connectivity index (χ0n) is 12.4. The Morgan fingerprint density at radius 2 is 2.14 bits per heavy atom. The maximum Gasteiger partial charge on any atom is 0.255 e. The van der Waals surface area contributed by atoms with Crippen molar-refractivity contribution in [3.63, 3.8) is 0 Å².